The van der Waals surface area contributed by atoms with Gasteiger partial charge in [-0.2, -0.15) is 0 Å². The first kappa shape index (κ1) is 28.3. The first-order valence-electron chi connectivity index (χ1n) is 17.7. The Bertz CT molecular complexity index is 3150. The number of aryl methyl sites for hydroxylation is 1. The van der Waals surface area contributed by atoms with Crippen molar-refractivity contribution in [3.63, 3.8) is 0 Å². The number of aromatic nitrogens is 3. The summed E-state index contributed by atoms with van der Waals surface area (Å²) in [5, 5.41) is 5.49. The van der Waals surface area contributed by atoms with Gasteiger partial charge in [-0.15, -0.1) is 11.3 Å². The van der Waals surface area contributed by atoms with Gasteiger partial charge in [-0.3, -0.25) is 0 Å². The normalized spacial score (nSPS) is 16.3. The number of rotatable bonds is 3. The number of nitrogens with zero attached hydrogens (tertiary/aromatic N) is 3. The van der Waals surface area contributed by atoms with Crippen LogP contribution >= 0.6 is 11.3 Å². The molecule has 10 aromatic rings. The molecule has 1 aliphatic carbocycles. The van der Waals surface area contributed by atoms with Crippen LogP contribution < -0.4 is 0 Å². The van der Waals surface area contributed by atoms with Crippen LogP contribution in [0, 0.1) is 0 Å². The summed E-state index contributed by atoms with van der Waals surface area (Å²) in [6.45, 7) is 0. The van der Waals surface area contributed by atoms with Crippen molar-refractivity contribution in [3.8, 4) is 22.8 Å². The van der Waals surface area contributed by atoms with Gasteiger partial charge in [0, 0.05) is 42.2 Å². The standard InChI is InChI=1S/C46H27N3O2S/c1-2-10-27(11-3-1)46(28-21-23-40-33(25-28)30-13-5-7-19-39(30)52-40)34-15-9-18-38-42(34)41-31(14-8-17-37(41)51-38)44-47-43(48-45(46)49-44)26-20-22-36-32(24-26)29-12-4-6-16-35(29)50-36/h1-4,6-12,14-25H,5,13H2. The number of allylic oxidation sites excluding steroid dienone is 1. The van der Waals surface area contributed by atoms with Gasteiger partial charge >= 0.3 is 0 Å². The van der Waals surface area contributed by atoms with Crippen molar-refractivity contribution in [2.45, 2.75) is 18.3 Å². The fourth-order valence-corrected chi connectivity index (χ4v) is 9.94. The molecular weight excluding hydrogens is 659 g/mol. The average molecular weight is 686 g/mol. The van der Waals surface area contributed by atoms with Crippen molar-refractivity contribution in [2.75, 3.05) is 0 Å². The molecule has 6 aromatic carbocycles. The van der Waals surface area contributed by atoms with E-state index in [2.05, 4.69) is 103 Å². The lowest BCUT2D eigenvalue weighted by molar-refractivity contribution is 0.664. The molecule has 1 unspecified atom stereocenters. The smallest absolute Gasteiger partial charge is 0.164 e. The van der Waals surface area contributed by atoms with Gasteiger partial charge in [0.15, 0.2) is 17.5 Å². The summed E-state index contributed by atoms with van der Waals surface area (Å²) in [5.74, 6) is 1.91. The lowest BCUT2D eigenvalue weighted by Crippen LogP contribution is -2.34. The molecule has 1 atom stereocenters. The van der Waals surface area contributed by atoms with Crippen molar-refractivity contribution in [2.24, 2.45) is 0 Å². The first-order chi connectivity index (χ1) is 25.7. The molecule has 0 fully saturated rings. The van der Waals surface area contributed by atoms with E-state index in [1.54, 1.807) is 0 Å². The number of hydrogen-bond acceptors (Lipinski definition) is 6. The molecule has 2 aliphatic rings. The lowest BCUT2D eigenvalue weighted by Gasteiger charge is -2.36. The summed E-state index contributed by atoms with van der Waals surface area (Å²) >= 11 is 1.87. The number of para-hydroxylation sites is 1. The Kier molecular flexibility index (Phi) is 5.64. The quantitative estimate of drug-likeness (QED) is 0.185. The van der Waals surface area contributed by atoms with Crippen LogP contribution in [0.2, 0.25) is 0 Å². The molecule has 6 heteroatoms. The van der Waals surface area contributed by atoms with Crippen LogP contribution in [0.1, 0.15) is 39.4 Å². The summed E-state index contributed by atoms with van der Waals surface area (Å²) in [5.41, 5.74) is 8.97. The topological polar surface area (TPSA) is 65.0 Å². The van der Waals surface area contributed by atoms with Gasteiger partial charge in [0.25, 0.3) is 0 Å². The summed E-state index contributed by atoms with van der Waals surface area (Å²) < 4.78 is 14.1. The highest BCUT2D eigenvalue weighted by Crippen LogP contribution is 2.52. The van der Waals surface area contributed by atoms with Gasteiger partial charge in [-0.25, -0.2) is 15.0 Å². The molecular formula is C46H27N3O2S. The highest BCUT2D eigenvalue weighted by atomic mass is 32.1. The van der Waals surface area contributed by atoms with Gasteiger partial charge in [-0.1, -0.05) is 84.9 Å². The lowest BCUT2D eigenvalue weighted by atomic mass is 9.67. The predicted molar refractivity (Wildman–Crippen MR) is 210 cm³/mol. The van der Waals surface area contributed by atoms with Gasteiger partial charge in [0.05, 0.1) is 0 Å². The first-order valence-corrected chi connectivity index (χ1v) is 18.5. The third-order valence-corrected chi connectivity index (χ3v) is 12.2. The number of fused-ring (bicyclic) bond motifs is 9. The number of thiophene rings is 1. The average Bonchev–Trinajstić information content (AvgIpc) is 3.89. The zero-order valence-electron chi connectivity index (χ0n) is 27.8. The van der Waals surface area contributed by atoms with E-state index in [9.17, 15) is 0 Å². The summed E-state index contributed by atoms with van der Waals surface area (Å²) in [4.78, 5) is 17.6. The molecule has 5 heterocycles. The molecule has 244 valence electrons. The molecule has 2 bridgehead atoms. The zero-order chi connectivity index (χ0) is 34.0. The molecule has 0 radical (unpaired) electrons. The van der Waals surface area contributed by atoms with Crippen molar-refractivity contribution >= 4 is 71.4 Å². The van der Waals surface area contributed by atoms with Crippen molar-refractivity contribution < 1.29 is 8.83 Å². The maximum atomic E-state index is 6.64. The number of furan rings is 2. The van der Waals surface area contributed by atoms with Crippen LogP contribution in [0.15, 0.2) is 142 Å². The molecule has 4 aromatic heterocycles. The van der Waals surface area contributed by atoms with Crippen LogP contribution in [-0.2, 0) is 11.8 Å². The van der Waals surface area contributed by atoms with E-state index in [1.165, 1.54) is 20.5 Å². The minimum atomic E-state index is -0.905. The van der Waals surface area contributed by atoms with Crippen molar-refractivity contribution in [1.29, 1.82) is 0 Å². The molecule has 0 amide bonds. The van der Waals surface area contributed by atoms with E-state index < -0.39 is 5.41 Å². The molecule has 5 nitrogen and oxygen atoms in total. The van der Waals surface area contributed by atoms with E-state index in [1.807, 2.05) is 47.7 Å². The minimum absolute atomic E-state index is 0.614. The predicted octanol–water partition coefficient (Wildman–Crippen LogP) is 11.9. The Morgan fingerprint density at radius 2 is 1.37 bits per heavy atom. The maximum Gasteiger partial charge on any atom is 0.164 e. The van der Waals surface area contributed by atoms with Crippen LogP contribution in [0.25, 0.3) is 82.8 Å². The summed E-state index contributed by atoms with van der Waals surface area (Å²) in [7, 11) is 0. The largest absolute Gasteiger partial charge is 0.456 e. The fraction of sp³-hybridized carbons (Fsp3) is 0.0652. The van der Waals surface area contributed by atoms with Gasteiger partial charge in [0.1, 0.15) is 27.7 Å². The zero-order valence-corrected chi connectivity index (χ0v) is 28.6. The van der Waals surface area contributed by atoms with E-state index in [-0.39, 0.29) is 0 Å². The molecule has 0 saturated carbocycles. The number of hydrogen-bond donors (Lipinski definition) is 0. The van der Waals surface area contributed by atoms with E-state index in [0.717, 1.165) is 84.5 Å². The Morgan fingerprint density at radius 3 is 2.31 bits per heavy atom. The summed E-state index contributed by atoms with van der Waals surface area (Å²) in [6.07, 6.45) is 6.66. The van der Waals surface area contributed by atoms with Gasteiger partial charge in [0.2, 0.25) is 0 Å². The van der Waals surface area contributed by atoms with E-state index in [4.69, 9.17) is 23.8 Å². The molecule has 52 heavy (non-hydrogen) atoms. The van der Waals surface area contributed by atoms with Crippen molar-refractivity contribution in [3.05, 3.63) is 166 Å². The Morgan fingerprint density at radius 1 is 0.577 bits per heavy atom. The minimum Gasteiger partial charge on any atom is -0.456 e. The highest BCUT2D eigenvalue weighted by Gasteiger charge is 2.45. The Hall–Kier alpha value is -6.37. The van der Waals surface area contributed by atoms with Crippen molar-refractivity contribution in [1.82, 2.24) is 15.0 Å². The molecule has 0 N–H and O–H groups in total. The SMILES string of the molecule is C1=Cc2sc3ccc(C4(c5ccccc5)c5nc(-c6ccc7oc8ccccc8c7c6)nc(n5)-c5cccc6oc7cccc4c7c56)cc3c2CC1. The molecule has 1 aliphatic heterocycles. The fourth-order valence-electron chi connectivity index (χ4n) is 8.78. The second kappa shape index (κ2) is 10.3. The molecule has 0 saturated heterocycles. The summed E-state index contributed by atoms with van der Waals surface area (Å²) in [6, 6.07) is 44.7. The third-order valence-electron chi connectivity index (χ3n) is 11.1. The maximum absolute atomic E-state index is 6.64. The van der Waals surface area contributed by atoms with Gasteiger partial charge < -0.3 is 8.83 Å². The highest BCUT2D eigenvalue weighted by molar-refractivity contribution is 7.20. The van der Waals surface area contributed by atoms with Crippen LogP contribution in [-0.4, -0.2) is 15.0 Å². The van der Waals surface area contributed by atoms with Crippen LogP contribution in [0.3, 0.4) is 0 Å². The monoisotopic (exact) mass is 685 g/mol. The second-order valence-corrected chi connectivity index (χ2v) is 14.9. The Balaban J connectivity index is 1.25. The molecule has 12 rings (SSSR count). The molecule has 0 spiro atoms. The van der Waals surface area contributed by atoms with E-state index in [0.29, 0.717) is 17.5 Å². The Labute approximate surface area is 301 Å². The van der Waals surface area contributed by atoms with Crippen LogP contribution in [0.5, 0.6) is 0 Å². The van der Waals surface area contributed by atoms with E-state index >= 15 is 0 Å². The number of benzene rings is 6. The second-order valence-electron chi connectivity index (χ2n) is 13.8. The third kappa shape index (κ3) is 3.74. The van der Waals surface area contributed by atoms with Gasteiger partial charge in [-0.05, 0) is 95.1 Å². The van der Waals surface area contributed by atoms with Crippen LogP contribution in [0.4, 0.5) is 0 Å².